The first kappa shape index (κ1) is 15.5. The number of rotatable bonds is 7. The minimum atomic E-state index is -0.340. The molecular weight excluding hydrogens is 242 g/mol. The number of urea groups is 1. The number of amides is 3. The number of nitrogens with zero attached hydrogens (tertiary/aromatic N) is 2. The number of imide groups is 1. The lowest BCUT2D eigenvalue weighted by Crippen LogP contribution is -2.32. The summed E-state index contributed by atoms with van der Waals surface area (Å²) in [5.41, 5.74) is -0.331. The highest BCUT2D eigenvalue weighted by Gasteiger charge is 2.36. The fourth-order valence-corrected chi connectivity index (χ4v) is 2.17. The summed E-state index contributed by atoms with van der Waals surface area (Å²) in [6.45, 7) is 6.24. The predicted octanol–water partition coefficient (Wildman–Crippen LogP) is 2.43. The topological polar surface area (TPSA) is 73.2 Å². The van der Waals surface area contributed by atoms with E-state index in [1.165, 1.54) is 4.90 Å². The molecule has 0 aromatic rings. The molecular formula is C14H23N3O2. The van der Waals surface area contributed by atoms with Gasteiger partial charge in [0.25, 0.3) is 5.91 Å². The first-order chi connectivity index (χ1) is 8.91. The van der Waals surface area contributed by atoms with Crippen LogP contribution in [0.2, 0.25) is 0 Å². The largest absolute Gasteiger partial charge is 0.326 e. The molecule has 0 aromatic heterocycles. The number of nitrogens with one attached hydrogen (secondary N) is 1. The number of unbranched alkanes of at least 4 members (excludes halogenated alkanes) is 1. The average molecular weight is 265 g/mol. The third kappa shape index (κ3) is 4.23. The van der Waals surface area contributed by atoms with E-state index >= 15 is 0 Å². The molecule has 5 heteroatoms. The van der Waals surface area contributed by atoms with Gasteiger partial charge in [-0.2, -0.15) is 5.26 Å². The molecule has 1 atom stereocenters. The van der Waals surface area contributed by atoms with Crippen molar-refractivity contribution in [2.24, 2.45) is 5.41 Å². The summed E-state index contributed by atoms with van der Waals surface area (Å²) in [5, 5.41) is 11.6. The zero-order chi connectivity index (χ0) is 14.5. The van der Waals surface area contributed by atoms with Crippen molar-refractivity contribution in [3.63, 3.8) is 0 Å². The Balaban J connectivity index is 2.36. The molecule has 1 aliphatic rings. The van der Waals surface area contributed by atoms with E-state index in [9.17, 15) is 9.59 Å². The molecule has 0 spiro atoms. The molecule has 1 aliphatic heterocycles. The molecule has 5 nitrogen and oxygen atoms in total. The Hall–Kier alpha value is -1.57. The van der Waals surface area contributed by atoms with E-state index in [0.717, 1.165) is 25.7 Å². The molecule has 0 bridgehead atoms. The van der Waals surface area contributed by atoms with E-state index in [-0.39, 0.29) is 23.4 Å². The van der Waals surface area contributed by atoms with E-state index in [2.05, 4.69) is 11.4 Å². The highest BCUT2D eigenvalue weighted by atomic mass is 16.2. The Labute approximate surface area is 115 Å². The van der Waals surface area contributed by atoms with Crippen LogP contribution in [0, 0.1) is 16.7 Å². The van der Waals surface area contributed by atoms with Crippen LogP contribution >= 0.6 is 0 Å². The lowest BCUT2D eigenvalue weighted by molar-refractivity contribution is -0.127. The second kappa shape index (κ2) is 6.55. The van der Waals surface area contributed by atoms with Crippen LogP contribution in [0.5, 0.6) is 0 Å². The maximum Gasteiger partial charge on any atom is 0.324 e. The van der Waals surface area contributed by atoms with E-state index in [1.54, 1.807) is 0 Å². The fourth-order valence-electron chi connectivity index (χ4n) is 2.17. The van der Waals surface area contributed by atoms with Crippen molar-refractivity contribution >= 4 is 11.9 Å². The van der Waals surface area contributed by atoms with Crippen molar-refractivity contribution in [3.8, 4) is 6.07 Å². The van der Waals surface area contributed by atoms with Crippen molar-refractivity contribution < 1.29 is 9.59 Å². The highest BCUT2D eigenvalue weighted by Crippen LogP contribution is 2.22. The van der Waals surface area contributed by atoms with Crippen molar-refractivity contribution in [1.29, 1.82) is 5.26 Å². The van der Waals surface area contributed by atoms with E-state index < -0.39 is 0 Å². The number of hydrogen-bond acceptors (Lipinski definition) is 3. The fraction of sp³-hybridized carbons (Fsp3) is 0.786. The van der Waals surface area contributed by atoms with Crippen LogP contribution in [-0.2, 0) is 4.79 Å². The van der Waals surface area contributed by atoms with Crippen LogP contribution in [0.4, 0.5) is 4.79 Å². The first-order valence-electron chi connectivity index (χ1n) is 6.94. The number of nitriles is 1. The lowest BCUT2D eigenvalue weighted by atomic mass is 9.89. The van der Waals surface area contributed by atoms with Crippen LogP contribution in [0.15, 0.2) is 0 Å². The Morgan fingerprint density at radius 1 is 1.37 bits per heavy atom. The van der Waals surface area contributed by atoms with Gasteiger partial charge in [-0.05, 0) is 33.1 Å². The minimum Gasteiger partial charge on any atom is -0.326 e. The molecule has 1 unspecified atom stereocenters. The molecule has 1 saturated heterocycles. The molecule has 0 aliphatic carbocycles. The lowest BCUT2D eigenvalue weighted by Gasteiger charge is -2.16. The van der Waals surface area contributed by atoms with Gasteiger partial charge in [0.2, 0.25) is 0 Å². The third-order valence-electron chi connectivity index (χ3n) is 3.42. The van der Waals surface area contributed by atoms with Crippen LogP contribution in [0.3, 0.4) is 0 Å². The molecule has 3 amide bonds. The summed E-state index contributed by atoms with van der Waals surface area (Å²) in [5.74, 6) is -0.105. The van der Waals surface area contributed by atoms with E-state index in [1.807, 2.05) is 20.8 Å². The van der Waals surface area contributed by atoms with Crippen LogP contribution < -0.4 is 5.32 Å². The molecule has 106 valence electrons. The van der Waals surface area contributed by atoms with Gasteiger partial charge in [0.05, 0.1) is 11.5 Å². The van der Waals surface area contributed by atoms with Gasteiger partial charge in [0.15, 0.2) is 0 Å². The second-order valence-electron chi connectivity index (χ2n) is 5.73. The van der Waals surface area contributed by atoms with Crippen molar-refractivity contribution in [3.05, 3.63) is 0 Å². The summed E-state index contributed by atoms with van der Waals surface area (Å²) < 4.78 is 0. The van der Waals surface area contributed by atoms with Crippen molar-refractivity contribution in [2.75, 3.05) is 6.54 Å². The molecule has 0 aromatic carbocycles. The molecule has 0 radical (unpaired) electrons. The van der Waals surface area contributed by atoms with E-state index in [0.29, 0.717) is 13.0 Å². The Morgan fingerprint density at radius 3 is 2.63 bits per heavy atom. The van der Waals surface area contributed by atoms with Gasteiger partial charge in [-0.15, -0.1) is 0 Å². The third-order valence-corrected chi connectivity index (χ3v) is 3.42. The van der Waals surface area contributed by atoms with E-state index in [4.69, 9.17) is 5.26 Å². The zero-order valence-electron chi connectivity index (χ0n) is 12.0. The summed E-state index contributed by atoms with van der Waals surface area (Å²) in [6.07, 6.45) is 3.95. The Morgan fingerprint density at radius 2 is 2.05 bits per heavy atom. The molecule has 1 rings (SSSR count). The Kier molecular flexibility index (Phi) is 5.34. The minimum absolute atomic E-state index is 0.105. The van der Waals surface area contributed by atoms with Gasteiger partial charge in [-0.3, -0.25) is 9.69 Å². The molecule has 1 fully saturated rings. The van der Waals surface area contributed by atoms with Crippen LogP contribution in [0.1, 0.15) is 52.9 Å². The highest BCUT2D eigenvalue weighted by molar-refractivity contribution is 6.04. The predicted molar refractivity (Wildman–Crippen MR) is 72.2 cm³/mol. The first-order valence-corrected chi connectivity index (χ1v) is 6.94. The van der Waals surface area contributed by atoms with Gasteiger partial charge >= 0.3 is 6.03 Å². The smallest absolute Gasteiger partial charge is 0.324 e. The maximum absolute atomic E-state index is 11.9. The van der Waals surface area contributed by atoms with Gasteiger partial charge in [-0.25, -0.2) is 4.79 Å². The molecule has 1 N–H and O–H groups in total. The Bertz CT molecular complexity index is 385. The van der Waals surface area contributed by atoms with Gasteiger partial charge in [-0.1, -0.05) is 19.8 Å². The standard InChI is InChI=1S/C14H23N3O2/c1-4-7-11-12(18)17(13(19)16-11)9-6-5-8-14(2,3)10-15/h11H,4-9H2,1-3H3,(H,16,19). The van der Waals surface area contributed by atoms with Gasteiger partial charge < -0.3 is 5.32 Å². The number of hydrogen-bond donors (Lipinski definition) is 1. The maximum atomic E-state index is 11.9. The zero-order valence-corrected chi connectivity index (χ0v) is 12.0. The van der Waals surface area contributed by atoms with Crippen LogP contribution in [-0.4, -0.2) is 29.4 Å². The monoisotopic (exact) mass is 265 g/mol. The number of carbonyl (C=O) groups excluding carboxylic acids is 2. The molecule has 0 saturated carbocycles. The van der Waals surface area contributed by atoms with Crippen molar-refractivity contribution in [1.82, 2.24) is 10.2 Å². The summed E-state index contributed by atoms with van der Waals surface area (Å²) in [4.78, 5) is 24.9. The van der Waals surface area contributed by atoms with Gasteiger partial charge in [0.1, 0.15) is 6.04 Å². The molecule has 19 heavy (non-hydrogen) atoms. The summed E-state index contributed by atoms with van der Waals surface area (Å²) in [7, 11) is 0. The van der Waals surface area contributed by atoms with Crippen molar-refractivity contribution in [2.45, 2.75) is 58.9 Å². The van der Waals surface area contributed by atoms with Crippen LogP contribution in [0.25, 0.3) is 0 Å². The second-order valence-corrected chi connectivity index (χ2v) is 5.73. The summed E-state index contributed by atoms with van der Waals surface area (Å²) >= 11 is 0. The summed E-state index contributed by atoms with van der Waals surface area (Å²) in [6, 6.07) is 1.64. The van der Waals surface area contributed by atoms with Gasteiger partial charge in [0, 0.05) is 6.54 Å². The SMILES string of the molecule is CCCC1NC(=O)N(CCCCC(C)(C)C#N)C1=O. The number of carbonyl (C=O) groups is 2. The normalized spacial score (nSPS) is 19.5. The quantitative estimate of drug-likeness (QED) is 0.567. The molecule has 1 heterocycles. The average Bonchev–Trinajstić information content (AvgIpc) is 2.62.